The van der Waals surface area contributed by atoms with E-state index in [4.69, 9.17) is 0 Å². The minimum Gasteiger partial charge on any atom is -1.00 e. The van der Waals surface area contributed by atoms with Crippen LogP contribution in [-0.4, -0.2) is 0 Å². The van der Waals surface area contributed by atoms with Crippen LogP contribution < -0.4 is 24.8 Å². The van der Waals surface area contributed by atoms with Gasteiger partial charge in [0, 0.05) is 0 Å². The zero-order valence-corrected chi connectivity index (χ0v) is 12.1. The van der Waals surface area contributed by atoms with Crippen molar-refractivity contribution >= 4 is 0 Å². The zero-order chi connectivity index (χ0) is 9.07. The average molecular weight is 334 g/mol. The Kier molecular flexibility index (Phi) is 38.7. The Bertz CT molecular complexity index is 129. The van der Waals surface area contributed by atoms with E-state index >= 15 is 0 Å². The average Bonchev–Trinajstić information content (AvgIpc) is 2.10. The molecule has 0 aliphatic rings. The summed E-state index contributed by atoms with van der Waals surface area (Å²) in [5.41, 5.74) is 0. The molecule has 0 nitrogen and oxygen atoms in total. The number of hydrogen-bond acceptors (Lipinski definition) is 0. The van der Waals surface area contributed by atoms with E-state index in [0.29, 0.717) is 0 Å². The van der Waals surface area contributed by atoms with Crippen molar-refractivity contribution in [2.45, 2.75) is 25.7 Å². The first-order chi connectivity index (χ1) is 5.91. The SMILES string of the molecule is C=C[CH-]CC/C=C/CC[CH-]C=C.[Cl-].[Cl-].[Ru+4]. The zero-order valence-electron chi connectivity index (χ0n) is 8.82. The van der Waals surface area contributed by atoms with Gasteiger partial charge >= 0.3 is 19.5 Å². The fourth-order valence-corrected chi connectivity index (χ4v) is 0.856. The molecular formula is C12H18Cl2Ru. The van der Waals surface area contributed by atoms with Gasteiger partial charge in [0.2, 0.25) is 0 Å². The minimum atomic E-state index is 0. The third-order valence-electron chi connectivity index (χ3n) is 1.50. The molecule has 0 aromatic rings. The second-order valence-electron chi connectivity index (χ2n) is 2.57. The van der Waals surface area contributed by atoms with Gasteiger partial charge in [-0.1, -0.05) is 25.0 Å². The smallest absolute Gasteiger partial charge is 1.00 e. The molecule has 0 aliphatic carbocycles. The van der Waals surface area contributed by atoms with Crippen LogP contribution in [0.25, 0.3) is 0 Å². The maximum absolute atomic E-state index is 3.62. The summed E-state index contributed by atoms with van der Waals surface area (Å²) >= 11 is 0. The van der Waals surface area contributed by atoms with Gasteiger partial charge in [0.05, 0.1) is 0 Å². The molecule has 0 bridgehead atoms. The number of allylic oxidation sites excluding steroid dienone is 4. The van der Waals surface area contributed by atoms with Crippen molar-refractivity contribution in [3.05, 3.63) is 50.3 Å². The van der Waals surface area contributed by atoms with Crippen molar-refractivity contribution in [2.24, 2.45) is 0 Å². The molecule has 0 spiro atoms. The molecule has 0 N–H and O–H groups in total. The van der Waals surface area contributed by atoms with Crippen molar-refractivity contribution in [3.8, 4) is 0 Å². The molecule has 0 saturated carbocycles. The second-order valence-corrected chi connectivity index (χ2v) is 2.57. The Hall–Kier alpha value is 0.163. The molecule has 0 aliphatic heterocycles. The van der Waals surface area contributed by atoms with Crippen LogP contribution in [-0.2, 0) is 19.5 Å². The number of halogens is 2. The summed E-state index contributed by atoms with van der Waals surface area (Å²) in [5.74, 6) is 0. The fourth-order valence-electron chi connectivity index (χ4n) is 0.856. The van der Waals surface area contributed by atoms with Crippen LogP contribution in [0.4, 0.5) is 0 Å². The molecule has 0 atom stereocenters. The van der Waals surface area contributed by atoms with E-state index in [9.17, 15) is 0 Å². The minimum absolute atomic E-state index is 0. The van der Waals surface area contributed by atoms with Gasteiger partial charge in [0.25, 0.3) is 0 Å². The molecule has 0 unspecified atom stereocenters. The van der Waals surface area contributed by atoms with E-state index in [-0.39, 0.29) is 44.3 Å². The standard InChI is InChI=1S/C12H18.2ClH.Ru/c1-3-5-7-9-11-12-10-8-6-4-2;;;/h3-6,11-12H,1-2,7-10H2;2*1H;/q-2;;;+4/p-2/b12-11+;;;. The van der Waals surface area contributed by atoms with Crippen LogP contribution in [0, 0.1) is 12.8 Å². The van der Waals surface area contributed by atoms with Gasteiger partial charge in [-0.3, -0.25) is 0 Å². The van der Waals surface area contributed by atoms with Gasteiger partial charge in [-0.2, -0.15) is 0 Å². The van der Waals surface area contributed by atoms with Crippen LogP contribution in [0.15, 0.2) is 37.5 Å². The van der Waals surface area contributed by atoms with E-state index in [1.807, 2.05) is 12.2 Å². The van der Waals surface area contributed by atoms with Crippen molar-refractivity contribution in [2.75, 3.05) is 0 Å². The number of rotatable bonds is 8. The Morgan fingerprint density at radius 2 is 1.13 bits per heavy atom. The Balaban J connectivity index is -0.000000202. The van der Waals surface area contributed by atoms with E-state index < -0.39 is 0 Å². The van der Waals surface area contributed by atoms with Crippen molar-refractivity contribution in [1.82, 2.24) is 0 Å². The van der Waals surface area contributed by atoms with Crippen molar-refractivity contribution in [3.63, 3.8) is 0 Å². The Morgan fingerprint density at radius 3 is 1.40 bits per heavy atom. The van der Waals surface area contributed by atoms with Gasteiger partial charge in [-0.05, 0) is 12.8 Å². The van der Waals surface area contributed by atoms with Crippen LogP contribution in [0.3, 0.4) is 0 Å². The van der Waals surface area contributed by atoms with Gasteiger partial charge in [-0.15, -0.1) is 0 Å². The number of hydrogen-bond donors (Lipinski definition) is 0. The fraction of sp³-hybridized carbons (Fsp3) is 0.333. The first-order valence-corrected chi connectivity index (χ1v) is 4.45. The monoisotopic (exact) mass is 334 g/mol. The van der Waals surface area contributed by atoms with E-state index in [1.54, 1.807) is 0 Å². The summed E-state index contributed by atoms with van der Waals surface area (Å²) in [5, 5.41) is 0. The molecular weight excluding hydrogens is 316 g/mol. The summed E-state index contributed by atoms with van der Waals surface area (Å²) in [7, 11) is 0. The predicted molar refractivity (Wildman–Crippen MR) is 56.6 cm³/mol. The molecule has 3 heteroatoms. The van der Waals surface area contributed by atoms with Crippen molar-refractivity contribution in [1.29, 1.82) is 0 Å². The maximum Gasteiger partial charge on any atom is 4.00 e. The molecule has 0 aromatic heterocycles. The summed E-state index contributed by atoms with van der Waals surface area (Å²) in [6.07, 6.45) is 16.8. The molecule has 0 saturated heterocycles. The van der Waals surface area contributed by atoms with Gasteiger partial charge < -0.3 is 24.8 Å². The molecule has 0 fully saturated rings. The van der Waals surface area contributed by atoms with E-state index in [1.165, 1.54) is 0 Å². The molecule has 0 amide bonds. The van der Waals surface area contributed by atoms with E-state index in [0.717, 1.165) is 25.7 Å². The summed E-state index contributed by atoms with van der Waals surface area (Å²) in [4.78, 5) is 0. The summed E-state index contributed by atoms with van der Waals surface area (Å²) in [6.45, 7) is 7.25. The molecule has 0 aromatic carbocycles. The number of unbranched alkanes of at least 4 members (excludes halogenated alkanes) is 4. The Morgan fingerprint density at radius 1 is 0.800 bits per heavy atom. The van der Waals surface area contributed by atoms with Gasteiger partial charge in [0.15, 0.2) is 0 Å². The third-order valence-corrected chi connectivity index (χ3v) is 1.50. The summed E-state index contributed by atoms with van der Waals surface area (Å²) < 4.78 is 0. The molecule has 0 rings (SSSR count). The molecule has 15 heavy (non-hydrogen) atoms. The van der Waals surface area contributed by atoms with Crippen LogP contribution in [0.1, 0.15) is 25.7 Å². The molecule has 88 valence electrons. The van der Waals surface area contributed by atoms with Gasteiger partial charge in [0.1, 0.15) is 0 Å². The first-order valence-electron chi connectivity index (χ1n) is 4.45. The van der Waals surface area contributed by atoms with Crippen LogP contribution in [0.2, 0.25) is 0 Å². The van der Waals surface area contributed by atoms with E-state index in [2.05, 4.69) is 38.2 Å². The van der Waals surface area contributed by atoms with Gasteiger partial charge in [-0.25, -0.2) is 38.2 Å². The van der Waals surface area contributed by atoms with Crippen molar-refractivity contribution < 1.29 is 44.3 Å². The normalized spacial score (nSPS) is 7.73. The topological polar surface area (TPSA) is 0 Å². The maximum atomic E-state index is 3.62. The second kappa shape index (κ2) is 23.8. The Labute approximate surface area is 120 Å². The first kappa shape index (κ1) is 24.4. The van der Waals surface area contributed by atoms with Crippen LogP contribution in [0.5, 0.6) is 0 Å². The van der Waals surface area contributed by atoms with Crippen LogP contribution >= 0.6 is 0 Å². The quantitative estimate of drug-likeness (QED) is 0.206. The predicted octanol–water partition coefficient (Wildman–Crippen LogP) is -2.11. The molecule has 0 heterocycles. The molecule has 0 radical (unpaired) electrons. The summed E-state index contributed by atoms with van der Waals surface area (Å²) in [6, 6.07) is 0. The third kappa shape index (κ3) is 25.0. The largest absolute Gasteiger partial charge is 4.00 e.